The van der Waals surface area contributed by atoms with E-state index < -0.39 is 0 Å². The molecule has 0 saturated heterocycles. The van der Waals surface area contributed by atoms with Crippen molar-refractivity contribution in [2.45, 2.75) is 24.5 Å². The van der Waals surface area contributed by atoms with E-state index in [0.717, 1.165) is 11.3 Å². The molecule has 1 amide bonds. The number of anilines is 1. The van der Waals surface area contributed by atoms with E-state index in [0.29, 0.717) is 35.1 Å². The molecule has 0 fully saturated rings. The van der Waals surface area contributed by atoms with E-state index in [4.69, 9.17) is 14.2 Å². The van der Waals surface area contributed by atoms with E-state index in [2.05, 4.69) is 36.5 Å². The summed E-state index contributed by atoms with van der Waals surface area (Å²) in [6.45, 7) is 4.59. The number of ether oxygens (including phenoxy) is 3. The number of hydrogen-bond acceptors (Lipinski definition) is 5. The van der Waals surface area contributed by atoms with Gasteiger partial charge in [0.25, 0.3) is 5.91 Å². The second kappa shape index (κ2) is 10.8. The molecule has 31 heavy (non-hydrogen) atoms. The number of amides is 1. The maximum Gasteiger partial charge on any atom is 0.255 e. The lowest BCUT2D eigenvalue weighted by Gasteiger charge is -2.14. The van der Waals surface area contributed by atoms with Gasteiger partial charge in [0, 0.05) is 27.8 Å². The summed E-state index contributed by atoms with van der Waals surface area (Å²) >= 11 is 1.71. The first-order chi connectivity index (χ1) is 15.0. The van der Waals surface area contributed by atoms with Crippen molar-refractivity contribution in [3.63, 3.8) is 0 Å². The average molecular weight is 438 g/mol. The average Bonchev–Trinajstić information content (AvgIpc) is 2.79. The van der Waals surface area contributed by atoms with Gasteiger partial charge in [-0.25, -0.2) is 0 Å². The third kappa shape index (κ3) is 5.95. The minimum Gasteiger partial charge on any atom is -0.497 e. The maximum absolute atomic E-state index is 13.0. The van der Waals surface area contributed by atoms with Gasteiger partial charge in [-0.1, -0.05) is 17.7 Å². The zero-order valence-electron chi connectivity index (χ0n) is 18.2. The highest BCUT2D eigenvalue weighted by Crippen LogP contribution is 2.31. The molecule has 0 unspecified atom stereocenters. The Bertz CT molecular complexity index is 1030. The van der Waals surface area contributed by atoms with Gasteiger partial charge >= 0.3 is 0 Å². The normalized spacial score (nSPS) is 10.5. The largest absolute Gasteiger partial charge is 0.497 e. The maximum atomic E-state index is 13.0. The van der Waals surface area contributed by atoms with Crippen LogP contribution in [0.5, 0.6) is 17.2 Å². The summed E-state index contributed by atoms with van der Waals surface area (Å²) in [7, 11) is 3.15. The van der Waals surface area contributed by atoms with Crippen molar-refractivity contribution in [3.05, 3.63) is 77.4 Å². The van der Waals surface area contributed by atoms with Crippen LogP contribution in [0.4, 0.5) is 5.69 Å². The number of thioether (sulfide) groups is 1. The molecule has 0 aromatic heterocycles. The van der Waals surface area contributed by atoms with E-state index in [9.17, 15) is 4.79 Å². The van der Waals surface area contributed by atoms with Gasteiger partial charge in [0.2, 0.25) is 0 Å². The summed E-state index contributed by atoms with van der Waals surface area (Å²) < 4.78 is 16.4. The number of methoxy groups -OCH3 is 2. The van der Waals surface area contributed by atoms with Gasteiger partial charge in [-0.2, -0.15) is 0 Å². The number of carbonyl (C=O) groups is 1. The number of aryl methyl sites for hydroxylation is 1. The monoisotopic (exact) mass is 437 g/mol. The Labute approximate surface area is 187 Å². The molecule has 0 aliphatic rings. The SMILES string of the molecule is CCOc1ccc(C(=O)Nc2cc(OC)ccc2OC)cc1CSc1ccc(C)cc1. The summed E-state index contributed by atoms with van der Waals surface area (Å²) in [5.74, 6) is 2.46. The molecule has 3 aromatic carbocycles. The van der Waals surface area contributed by atoms with E-state index >= 15 is 0 Å². The molecule has 5 nitrogen and oxygen atoms in total. The molecule has 0 bridgehead atoms. The fourth-order valence-electron chi connectivity index (χ4n) is 3.03. The first-order valence-electron chi connectivity index (χ1n) is 10.0. The van der Waals surface area contributed by atoms with Crippen LogP contribution < -0.4 is 19.5 Å². The second-order valence-corrected chi connectivity index (χ2v) is 7.93. The van der Waals surface area contributed by atoms with Gasteiger partial charge in [-0.15, -0.1) is 11.8 Å². The fraction of sp³-hybridized carbons (Fsp3) is 0.240. The number of nitrogens with one attached hydrogen (secondary N) is 1. The van der Waals surface area contributed by atoms with Gasteiger partial charge in [-0.05, 0) is 56.3 Å². The third-order valence-corrected chi connectivity index (χ3v) is 5.75. The van der Waals surface area contributed by atoms with Gasteiger partial charge in [0.05, 0.1) is 26.5 Å². The van der Waals surface area contributed by atoms with Crippen LogP contribution in [-0.4, -0.2) is 26.7 Å². The highest BCUT2D eigenvalue weighted by atomic mass is 32.2. The molecule has 3 aromatic rings. The molecular weight excluding hydrogens is 410 g/mol. The van der Waals surface area contributed by atoms with Gasteiger partial charge in [0.15, 0.2) is 0 Å². The zero-order valence-corrected chi connectivity index (χ0v) is 19.0. The van der Waals surface area contributed by atoms with Crippen LogP contribution in [0.1, 0.15) is 28.4 Å². The van der Waals surface area contributed by atoms with Crippen LogP contribution in [0.15, 0.2) is 65.6 Å². The van der Waals surface area contributed by atoms with Crippen molar-refractivity contribution in [1.82, 2.24) is 0 Å². The summed E-state index contributed by atoms with van der Waals surface area (Å²) in [5, 5.41) is 2.92. The third-order valence-electron chi connectivity index (χ3n) is 4.69. The Morgan fingerprint density at radius 3 is 2.35 bits per heavy atom. The summed E-state index contributed by atoms with van der Waals surface area (Å²) in [6.07, 6.45) is 0. The first kappa shape index (κ1) is 22.6. The van der Waals surface area contributed by atoms with E-state index in [1.165, 1.54) is 10.5 Å². The molecule has 1 N–H and O–H groups in total. The van der Waals surface area contributed by atoms with Gasteiger partial charge < -0.3 is 19.5 Å². The van der Waals surface area contributed by atoms with Crippen LogP contribution >= 0.6 is 11.8 Å². The van der Waals surface area contributed by atoms with Crippen molar-refractivity contribution in [2.75, 3.05) is 26.1 Å². The zero-order chi connectivity index (χ0) is 22.2. The number of rotatable bonds is 9. The van der Waals surface area contributed by atoms with E-state index in [1.807, 2.05) is 19.1 Å². The molecule has 0 aliphatic heterocycles. The molecular formula is C25H27NO4S. The molecule has 6 heteroatoms. The van der Waals surface area contributed by atoms with Crippen LogP contribution in [0.3, 0.4) is 0 Å². The molecule has 162 valence electrons. The molecule has 3 rings (SSSR count). The van der Waals surface area contributed by atoms with Crippen molar-refractivity contribution in [2.24, 2.45) is 0 Å². The lowest BCUT2D eigenvalue weighted by Crippen LogP contribution is -2.13. The van der Waals surface area contributed by atoms with Crippen LogP contribution in [0, 0.1) is 6.92 Å². The van der Waals surface area contributed by atoms with Crippen LogP contribution in [0.25, 0.3) is 0 Å². The summed E-state index contributed by atoms with van der Waals surface area (Å²) in [6, 6.07) is 19.2. The summed E-state index contributed by atoms with van der Waals surface area (Å²) in [5.41, 5.74) is 3.30. The smallest absolute Gasteiger partial charge is 0.255 e. The quantitative estimate of drug-likeness (QED) is 0.419. The Morgan fingerprint density at radius 1 is 0.935 bits per heavy atom. The molecule has 0 aliphatic carbocycles. The lowest BCUT2D eigenvalue weighted by atomic mass is 10.1. The highest BCUT2D eigenvalue weighted by molar-refractivity contribution is 7.98. The molecule has 0 radical (unpaired) electrons. The number of carbonyl (C=O) groups excluding carboxylic acids is 1. The van der Waals surface area contributed by atoms with Crippen molar-refractivity contribution in [3.8, 4) is 17.2 Å². The minimum absolute atomic E-state index is 0.226. The molecule has 0 heterocycles. The standard InChI is InChI=1S/C25H27NO4S/c1-5-30-23-12-8-18(14-19(23)16-31-21-10-6-17(2)7-11-21)25(27)26-22-15-20(28-3)9-13-24(22)29-4/h6-15H,5,16H2,1-4H3,(H,26,27). The van der Waals surface area contributed by atoms with E-state index in [-0.39, 0.29) is 5.91 Å². The van der Waals surface area contributed by atoms with Crippen LogP contribution in [-0.2, 0) is 5.75 Å². The Kier molecular flexibility index (Phi) is 7.84. The molecule has 0 atom stereocenters. The predicted octanol–water partition coefficient (Wildman–Crippen LogP) is 5.96. The van der Waals surface area contributed by atoms with E-state index in [1.54, 1.807) is 50.2 Å². The number of benzene rings is 3. The van der Waals surface area contributed by atoms with Gasteiger partial charge in [0.1, 0.15) is 17.2 Å². The minimum atomic E-state index is -0.226. The topological polar surface area (TPSA) is 56.8 Å². The van der Waals surface area contributed by atoms with Crippen molar-refractivity contribution in [1.29, 1.82) is 0 Å². The Hall–Kier alpha value is -3.12. The first-order valence-corrected chi connectivity index (χ1v) is 11.0. The lowest BCUT2D eigenvalue weighted by molar-refractivity contribution is 0.102. The van der Waals surface area contributed by atoms with Gasteiger partial charge in [-0.3, -0.25) is 4.79 Å². The van der Waals surface area contributed by atoms with Crippen molar-refractivity contribution >= 4 is 23.4 Å². The second-order valence-electron chi connectivity index (χ2n) is 6.88. The van der Waals surface area contributed by atoms with Crippen LogP contribution in [0.2, 0.25) is 0 Å². The molecule has 0 spiro atoms. The Balaban J connectivity index is 1.81. The predicted molar refractivity (Wildman–Crippen MR) is 126 cm³/mol. The highest BCUT2D eigenvalue weighted by Gasteiger charge is 2.14. The number of hydrogen-bond donors (Lipinski definition) is 1. The summed E-state index contributed by atoms with van der Waals surface area (Å²) in [4.78, 5) is 14.1. The Morgan fingerprint density at radius 2 is 1.68 bits per heavy atom. The fourth-order valence-corrected chi connectivity index (χ4v) is 3.91. The molecule has 0 saturated carbocycles. The van der Waals surface area contributed by atoms with Crippen molar-refractivity contribution < 1.29 is 19.0 Å².